The van der Waals surface area contributed by atoms with Crippen molar-refractivity contribution in [3.05, 3.63) is 35.6 Å². The Balaban J connectivity index is 2.04. The number of hydrogen-bond acceptors (Lipinski definition) is 2. The highest BCUT2D eigenvalue weighted by Crippen LogP contribution is 2.24. The van der Waals surface area contributed by atoms with Crippen molar-refractivity contribution in [1.29, 1.82) is 0 Å². The number of halogens is 1. The first kappa shape index (κ1) is 13.5. The Morgan fingerprint density at radius 2 is 2.17 bits per heavy atom. The fraction of sp³-hybridized carbons (Fsp3) is 0.600. The molecule has 3 heteroatoms. The summed E-state index contributed by atoms with van der Waals surface area (Å²) in [4.78, 5) is 0. The smallest absolute Gasteiger partial charge is 0.126 e. The van der Waals surface area contributed by atoms with Gasteiger partial charge in [0.15, 0.2) is 0 Å². The number of rotatable bonds is 5. The van der Waals surface area contributed by atoms with Gasteiger partial charge in [-0.2, -0.15) is 0 Å². The predicted molar refractivity (Wildman–Crippen MR) is 71.1 cm³/mol. The van der Waals surface area contributed by atoms with Crippen LogP contribution in [-0.2, 0) is 11.2 Å². The minimum Gasteiger partial charge on any atom is -0.374 e. The molecule has 3 unspecified atom stereocenters. The summed E-state index contributed by atoms with van der Waals surface area (Å²) in [6, 6.07) is 7.21. The molecule has 2 nitrogen and oxygen atoms in total. The third-order valence-electron chi connectivity index (χ3n) is 3.58. The molecule has 0 saturated carbocycles. The Morgan fingerprint density at radius 3 is 2.78 bits per heavy atom. The van der Waals surface area contributed by atoms with Gasteiger partial charge in [0, 0.05) is 6.04 Å². The Kier molecular flexibility index (Phi) is 4.72. The van der Waals surface area contributed by atoms with Gasteiger partial charge in [-0.1, -0.05) is 25.1 Å². The van der Waals surface area contributed by atoms with Gasteiger partial charge in [0.25, 0.3) is 0 Å². The summed E-state index contributed by atoms with van der Waals surface area (Å²) in [5.41, 5.74) is 0.770. The van der Waals surface area contributed by atoms with E-state index in [9.17, 15) is 4.39 Å². The van der Waals surface area contributed by atoms with E-state index in [-0.39, 0.29) is 18.0 Å². The van der Waals surface area contributed by atoms with Crippen molar-refractivity contribution in [3.63, 3.8) is 0 Å². The maximum Gasteiger partial charge on any atom is 0.126 e. The molecule has 0 spiro atoms. The van der Waals surface area contributed by atoms with Crippen LogP contribution in [0.3, 0.4) is 0 Å². The molecule has 1 N–H and O–H groups in total. The standard InChI is InChI=1S/C15H22FNO/c1-3-17-14(15-9-8-11(2)18-15)10-12-6-4-5-7-13(12)16/h4-7,11,14-15,17H,3,8-10H2,1-2H3. The van der Waals surface area contributed by atoms with E-state index < -0.39 is 0 Å². The van der Waals surface area contributed by atoms with Crippen LogP contribution < -0.4 is 5.32 Å². The second kappa shape index (κ2) is 6.30. The lowest BCUT2D eigenvalue weighted by Crippen LogP contribution is -2.41. The van der Waals surface area contributed by atoms with Crippen LogP contribution in [0.5, 0.6) is 0 Å². The summed E-state index contributed by atoms with van der Waals surface area (Å²) in [6.07, 6.45) is 3.39. The van der Waals surface area contributed by atoms with Crippen LogP contribution in [0.1, 0.15) is 32.3 Å². The molecule has 0 aromatic heterocycles. The maximum atomic E-state index is 13.7. The number of ether oxygens (including phenoxy) is 1. The number of hydrogen-bond donors (Lipinski definition) is 1. The predicted octanol–water partition coefficient (Wildman–Crippen LogP) is 2.91. The van der Waals surface area contributed by atoms with E-state index in [1.54, 1.807) is 6.07 Å². The van der Waals surface area contributed by atoms with Crippen LogP contribution >= 0.6 is 0 Å². The van der Waals surface area contributed by atoms with Crippen LogP contribution in [0.25, 0.3) is 0 Å². The molecule has 100 valence electrons. The van der Waals surface area contributed by atoms with E-state index >= 15 is 0 Å². The fourth-order valence-corrected chi connectivity index (χ4v) is 2.63. The van der Waals surface area contributed by atoms with Gasteiger partial charge >= 0.3 is 0 Å². The van der Waals surface area contributed by atoms with E-state index in [0.717, 1.165) is 24.9 Å². The second-order valence-corrected chi connectivity index (χ2v) is 5.02. The van der Waals surface area contributed by atoms with Gasteiger partial charge in [0.1, 0.15) is 5.82 Å². The molecule has 1 saturated heterocycles. The lowest BCUT2D eigenvalue weighted by Gasteiger charge is -2.24. The van der Waals surface area contributed by atoms with E-state index in [4.69, 9.17) is 4.74 Å². The average Bonchev–Trinajstić information content (AvgIpc) is 2.78. The minimum absolute atomic E-state index is 0.119. The van der Waals surface area contributed by atoms with Crippen molar-refractivity contribution < 1.29 is 9.13 Å². The number of nitrogens with one attached hydrogen (secondary N) is 1. The maximum absolute atomic E-state index is 13.7. The molecule has 1 aromatic rings. The van der Waals surface area contributed by atoms with E-state index in [2.05, 4.69) is 19.2 Å². The first-order valence-corrected chi connectivity index (χ1v) is 6.83. The van der Waals surface area contributed by atoms with Crippen LogP contribution in [0.4, 0.5) is 4.39 Å². The summed E-state index contributed by atoms with van der Waals surface area (Å²) < 4.78 is 19.6. The van der Waals surface area contributed by atoms with Crippen molar-refractivity contribution >= 4 is 0 Å². The molecule has 3 atom stereocenters. The molecule has 0 bridgehead atoms. The van der Waals surface area contributed by atoms with Crippen molar-refractivity contribution in [2.75, 3.05) is 6.54 Å². The summed E-state index contributed by atoms with van der Waals surface area (Å²) >= 11 is 0. The quantitative estimate of drug-likeness (QED) is 0.868. The van der Waals surface area contributed by atoms with Crippen molar-refractivity contribution in [1.82, 2.24) is 5.32 Å². The molecule has 1 aliphatic heterocycles. The molecule has 1 heterocycles. The van der Waals surface area contributed by atoms with Gasteiger partial charge in [-0.05, 0) is 44.4 Å². The van der Waals surface area contributed by atoms with Crippen LogP contribution in [-0.4, -0.2) is 24.8 Å². The Hall–Kier alpha value is -0.930. The summed E-state index contributed by atoms with van der Waals surface area (Å²) in [5.74, 6) is -0.119. The first-order valence-electron chi connectivity index (χ1n) is 6.83. The SMILES string of the molecule is CCNC(Cc1ccccc1F)C1CCC(C)O1. The monoisotopic (exact) mass is 251 g/mol. The van der Waals surface area contributed by atoms with Gasteiger partial charge in [-0.25, -0.2) is 4.39 Å². The van der Waals surface area contributed by atoms with Crippen LogP contribution in [0.15, 0.2) is 24.3 Å². The molecule has 1 aromatic carbocycles. The van der Waals surface area contributed by atoms with E-state index in [1.807, 2.05) is 12.1 Å². The highest BCUT2D eigenvalue weighted by atomic mass is 19.1. The molecule has 0 amide bonds. The highest BCUT2D eigenvalue weighted by molar-refractivity contribution is 5.19. The third-order valence-corrected chi connectivity index (χ3v) is 3.58. The second-order valence-electron chi connectivity index (χ2n) is 5.02. The zero-order valence-electron chi connectivity index (χ0n) is 11.2. The fourth-order valence-electron chi connectivity index (χ4n) is 2.63. The zero-order chi connectivity index (χ0) is 13.0. The normalized spacial score (nSPS) is 25.3. The Morgan fingerprint density at radius 1 is 1.39 bits per heavy atom. The molecular formula is C15H22FNO. The van der Waals surface area contributed by atoms with Gasteiger partial charge in [0.2, 0.25) is 0 Å². The molecular weight excluding hydrogens is 229 g/mol. The van der Waals surface area contributed by atoms with Gasteiger partial charge < -0.3 is 10.1 Å². The topological polar surface area (TPSA) is 21.3 Å². The molecule has 18 heavy (non-hydrogen) atoms. The summed E-state index contributed by atoms with van der Waals surface area (Å²) in [6.45, 7) is 5.06. The van der Waals surface area contributed by atoms with Gasteiger partial charge in [-0.3, -0.25) is 0 Å². The van der Waals surface area contributed by atoms with Crippen molar-refractivity contribution in [2.45, 2.75) is 51.4 Å². The van der Waals surface area contributed by atoms with E-state index in [0.29, 0.717) is 12.5 Å². The van der Waals surface area contributed by atoms with E-state index in [1.165, 1.54) is 6.07 Å². The minimum atomic E-state index is -0.119. The average molecular weight is 251 g/mol. The Bertz CT molecular complexity index is 383. The molecule has 1 aliphatic rings. The summed E-state index contributed by atoms with van der Waals surface area (Å²) in [5, 5.41) is 3.43. The third kappa shape index (κ3) is 3.30. The molecule has 0 radical (unpaired) electrons. The largest absolute Gasteiger partial charge is 0.374 e. The zero-order valence-corrected chi connectivity index (χ0v) is 11.2. The van der Waals surface area contributed by atoms with Crippen molar-refractivity contribution in [3.8, 4) is 0 Å². The van der Waals surface area contributed by atoms with Gasteiger partial charge in [0.05, 0.1) is 12.2 Å². The lowest BCUT2D eigenvalue weighted by atomic mass is 9.99. The first-order chi connectivity index (χ1) is 8.70. The molecule has 2 rings (SSSR count). The number of benzene rings is 1. The van der Waals surface area contributed by atoms with Crippen molar-refractivity contribution in [2.24, 2.45) is 0 Å². The van der Waals surface area contributed by atoms with Crippen LogP contribution in [0, 0.1) is 5.82 Å². The van der Waals surface area contributed by atoms with Gasteiger partial charge in [-0.15, -0.1) is 0 Å². The lowest BCUT2D eigenvalue weighted by molar-refractivity contribution is 0.0322. The highest BCUT2D eigenvalue weighted by Gasteiger charge is 2.29. The summed E-state index contributed by atoms with van der Waals surface area (Å²) in [7, 11) is 0. The molecule has 1 fully saturated rings. The number of likely N-dealkylation sites (N-methyl/N-ethyl adjacent to an activating group) is 1. The van der Waals surface area contributed by atoms with Crippen LogP contribution in [0.2, 0.25) is 0 Å². The Labute approximate surface area is 109 Å². The molecule has 0 aliphatic carbocycles.